The normalized spacial score (nSPS) is 16.6. The number of halogens is 3. The number of ether oxygens (including phenoxy) is 1. The second-order valence-corrected chi connectivity index (χ2v) is 11.9. The molecule has 0 aliphatic carbocycles. The van der Waals surface area contributed by atoms with Crippen molar-refractivity contribution in [1.82, 2.24) is 24.5 Å². The van der Waals surface area contributed by atoms with Gasteiger partial charge in [-0.05, 0) is 17.9 Å². The van der Waals surface area contributed by atoms with Gasteiger partial charge in [0.15, 0.2) is 0 Å². The summed E-state index contributed by atoms with van der Waals surface area (Å²) in [7, 11) is -3.59. The standard InChI is InChI=1S/C22H32F3N7O4S/c1-15(29-17-13-28-30-19(33)18(17)22(23,24)25)14-36-9-10-37(34,35)32-7-5-31(6-8-32)20-26-11-16(12-27-20)21(2,3)4/h11-13,15H,5-10,14H2,1-4H3,(H2,29,30,33)/t15-/m0/s1. The summed E-state index contributed by atoms with van der Waals surface area (Å²) < 4.78 is 71.7. The molecule has 0 spiro atoms. The van der Waals surface area contributed by atoms with Crippen molar-refractivity contribution < 1.29 is 26.3 Å². The summed E-state index contributed by atoms with van der Waals surface area (Å²) in [6.07, 6.45) is -0.418. The smallest absolute Gasteiger partial charge is 0.378 e. The Morgan fingerprint density at radius 3 is 2.30 bits per heavy atom. The van der Waals surface area contributed by atoms with Gasteiger partial charge in [0.25, 0.3) is 5.56 Å². The molecule has 0 amide bonds. The molecule has 0 aromatic carbocycles. The lowest BCUT2D eigenvalue weighted by Gasteiger charge is -2.34. The van der Waals surface area contributed by atoms with E-state index in [1.54, 1.807) is 24.4 Å². The summed E-state index contributed by atoms with van der Waals surface area (Å²) in [5.41, 5.74) is -2.27. The predicted molar refractivity (Wildman–Crippen MR) is 132 cm³/mol. The van der Waals surface area contributed by atoms with Crippen molar-refractivity contribution in [3.05, 3.63) is 40.1 Å². The van der Waals surface area contributed by atoms with E-state index in [0.29, 0.717) is 19.0 Å². The van der Waals surface area contributed by atoms with Crippen molar-refractivity contribution in [2.75, 3.05) is 55.4 Å². The largest absolute Gasteiger partial charge is 0.423 e. The second kappa shape index (κ2) is 11.3. The Morgan fingerprint density at radius 1 is 1.11 bits per heavy atom. The van der Waals surface area contributed by atoms with E-state index in [4.69, 9.17) is 4.74 Å². The Hall–Kier alpha value is -2.78. The molecule has 1 atom stereocenters. The number of H-pyrrole nitrogens is 1. The van der Waals surface area contributed by atoms with Gasteiger partial charge in [-0.3, -0.25) is 4.79 Å². The van der Waals surface area contributed by atoms with Crippen LogP contribution in [0.2, 0.25) is 0 Å². The van der Waals surface area contributed by atoms with E-state index in [1.807, 2.05) is 4.90 Å². The molecule has 0 radical (unpaired) electrons. The van der Waals surface area contributed by atoms with E-state index < -0.39 is 39.1 Å². The van der Waals surface area contributed by atoms with Crippen LogP contribution in [-0.2, 0) is 26.4 Å². The van der Waals surface area contributed by atoms with Crippen LogP contribution in [0.5, 0.6) is 0 Å². The van der Waals surface area contributed by atoms with Gasteiger partial charge in [-0.25, -0.2) is 23.5 Å². The molecule has 1 fully saturated rings. The molecule has 1 saturated heterocycles. The number of hydrogen-bond acceptors (Lipinski definition) is 9. The zero-order valence-corrected chi connectivity index (χ0v) is 22.0. The lowest BCUT2D eigenvalue weighted by atomic mass is 9.89. The number of alkyl halides is 3. The highest BCUT2D eigenvalue weighted by Crippen LogP contribution is 2.31. The zero-order valence-electron chi connectivity index (χ0n) is 21.2. The number of anilines is 2. The first-order chi connectivity index (χ1) is 17.2. The second-order valence-electron chi connectivity index (χ2n) is 9.83. The molecule has 11 nitrogen and oxygen atoms in total. The number of sulfonamides is 1. The number of nitrogens with one attached hydrogen (secondary N) is 2. The molecule has 3 rings (SSSR count). The zero-order chi connectivity index (χ0) is 27.4. The van der Waals surface area contributed by atoms with Crippen LogP contribution < -0.4 is 15.8 Å². The van der Waals surface area contributed by atoms with Gasteiger partial charge in [0.05, 0.1) is 30.9 Å². The highest BCUT2D eigenvalue weighted by Gasteiger charge is 2.37. The highest BCUT2D eigenvalue weighted by atomic mass is 32.2. The van der Waals surface area contributed by atoms with E-state index in [-0.39, 0.29) is 37.5 Å². The lowest BCUT2D eigenvalue weighted by molar-refractivity contribution is -0.138. The first-order valence-electron chi connectivity index (χ1n) is 11.7. The van der Waals surface area contributed by atoms with E-state index >= 15 is 0 Å². The molecule has 37 heavy (non-hydrogen) atoms. The van der Waals surface area contributed by atoms with Crippen LogP contribution in [0.4, 0.5) is 24.8 Å². The SMILES string of the molecule is C[C@@H](COCCS(=O)(=O)N1CCN(c2ncc(C(C)(C)C)cn2)CC1)Nc1cn[nH]c(=O)c1C(F)(F)F. The van der Waals surface area contributed by atoms with E-state index in [1.165, 1.54) is 4.31 Å². The fraction of sp³-hybridized carbons (Fsp3) is 0.636. The summed E-state index contributed by atoms with van der Waals surface area (Å²) >= 11 is 0. The predicted octanol–water partition coefficient (Wildman–Crippen LogP) is 1.85. The van der Waals surface area contributed by atoms with Crippen LogP contribution in [0.3, 0.4) is 0 Å². The molecule has 2 aromatic rings. The number of aromatic amines is 1. The minimum Gasteiger partial charge on any atom is -0.378 e. The molecule has 0 saturated carbocycles. The van der Waals surface area contributed by atoms with Crippen molar-refractivity contribution in [3.8, 4) is 0 Å². The fourth-order valence-corrected chi connectivity index (χ4v) is 4.99. The van der Waals surface area contributed by atoms with Crippen molar-refractivity contribution in [2.45, 2.75) is 45.3 Å². The third-order valence-electron chi connectivity index (χ3n) is 5.81. The fourth-order valence-electron chi connectivity index (χ4n) is 3.69. The molecular weight excluding hydrogens is 515 g/mol. The molecular formula is C22H32F3N7O4S. The molecule has 2 N–H and O–H groups in total. The Labute approximate surface area is 213 Å². The highest BCUT2D eigenvalue weighted by molar-refractivity contribution is 7.89. The maximum atomic E-state index is 13.2. The molecule has 1 aliphatic rings. The van der Waals surface area contributed by atoms with Crippen LogP contribution in [-0.4, -0.2) is 84.1 Å². The van der Waals surface area contributed by atoms with Gasteiger partial charge in [0, 0.05) is 44.6 Å². The third-order valence-corrected chi connectivity index (χ3v) is 7.65. The van der Waals surface area contributed by atoms with Gasteiger partial charge in [-0.15, -0.1) is 0 Å². The van der Waals surface area contributed by atoms with Crippen LogP contribution >= 0.6 is 0 Å². The van der Waals surface area contributed by atoms with Gasteiger partial charge in [-0.2, -0.15) is 22.6 Å². The minimum absolute atomic E-state index is 0.0643. The van der Waals surface area contributed by atoms with E-state index in [0.717, 1.165) is 11.8 Å². The summed E-state index contributed by atoms with van der Waals surface area (Å²) in [5.74, 6) is 0.288. The van der Waals surface area contributed by atoms with Crippen LogP contribution in [0, 0.1) is 0 Å². The van der Waals surface area contributed by atoms with Gasteiger partial charge >= 0.3 is 6.18 Å². The quantitative estimate of drug-likeness (QED) is 0.451. The Kier molecular flexibility index (Phi) is 8.80. The molecule has 15 heteroatoms. The van der Waals surface area contributed by atoms with Crippen molar-refractivity contribution in [3.63, 3.8) is 0 Å². The molecule has 0 unspecified atom stereocenters. The number of nitrogens with zero attached hydrogens (tertiary/aromatic N) is 5. The molecule has 206 valence electrons. The average Bonchev–Trinajstić information content (AvgIpc) is 2.81. The maximum absolute atomic E-state index is 13.2. The minimum atomic E-state index is -4.86. The van der Waals surface area contributed by atoms with Crippen molar-refractivity contribution in [2.24, 2.45) is 0 Å². The lowest BCUT2D eigenvalue weighted by Crippen LogP contribution is -2.50. The monoisotopic (exact) mass is 547 g/mol. The number of aromatic nitrogens is 4. The topological polar surface area (TPSA) is 133 Å². The summed E-state index contributed by atoms with van der Waals surface area (Å²) in [6, 6.07) is -0.638. The summed E-state index contributed by atoms with van der Waals surface area (Å²) in [6.45, 7) is 9.00. The molecule has 0 bridgehead atoms. The van der Waals surface area contributed by atoms with E-state index in [9.17, 15) is 26.4 Å². The number of hydrogen-bond donors (Lipinski definition) is 2. The Morgan fingerprint density at radius 2 is 1.73 bits per heavy atom. The maximum Gasteiger partial charge on any atom is 0.423 e. The summed E-state index contributed by atoms with van der Waals surface area (Å²) in [4.78, 5) is 22.3. The van der Waals surface area contributed by atoms with Crippen molar-refractivity contribution in [1.29, 1.82) is 0 Å². The third kappa shape index (κ3) is 7.61. The Bertz CT molecular complexity index is 1210. The molecule has 3 heterocycles. The number of piperazine rings is 1. The number of rotatable bonds is 9. The average molecular weight is 548 g/mol. The first-order valence-corrected chi connectivity index (χ1v) is 13.3. The van der Waals surface area contributed by atoms with E-state index in [2.05, 4.69) is 41.2 Å². The summed E-state index contributed by atoms with van der Waals surface area (Å²) in [5, 5.41) is 7.70. The van der Waals surface area contributed by atoms with Gasteiger partial charge in [0.2, 0.25) is 16.0 Å². The van der Waals surface area contributed by atoms with Gasteiger partial charge in [0.1, 0.15) is 5.56 Å². The van der Waals surface area contributed by atoms with Gasteiger partial charge < -0.3 is 15.0 Å². The van der Waals surface area contributed by atoms with Crippen LogP contribution in [0.25, 0.3) is 0 Å². The molecule has 1 aliphatic heterocycles. The van der Waals surface area contributed by atoms with Crippen LogP contribution in [0.1, 0.15) is 38.8 Å². The Balaban J connectivity index is 1.45. The van der Waals surface area contributed by atoms with Gasteiger partial charge in [-0.1, -0.05) is 20.8 Å². The van der Waals surface area contributed by atoms with Crippen LogP contribution in [0.15, 0.2) is 23.4 Å². The first kappa shape index (κ1) is 28.8. The molecule has 2 aromatic heterocycles. The van der Waals surface area contributed by atoms with Crippen molar-refractivity contribution >= 4 is 21.7 Å².